The number of rotatable bonds is 4. The molecule has 3 aliphatic rings. The Balaban J connectivity index is 1.47. The monoisotopic (exact) mass is 360 g/mol. The molecule has 0 aromatic heterocycles. The predicted octanol–water partition coefficient (Wildman–Crippen LogP) is 4.68. The van der Waals surface area contributed by atoms with E-state index in [4.69, 9.17) is 14.0 Å². The Morgan fingerprint density at radius 2 is 1.63 bits per heavy atom. The van der Waals surface area contributed by atoms with Gasteiger partial charge >= 0.3 is 7.12 Å². The number of hydrogen-bond acceptors (Lipinski definition) is 3. The molecule has 0 N–H and O–H groups in total. The first-order chi connectivity index (χ1) is 12.9. The summed E-state index contributed by atoms with van der Waals surface area (Å²) < 4.78 is 18.8. The maximum absolute atomic E-state index is 6.27. The predicted molar refractivity (Wildman–Crippen MR) is 110 cm³/mol. The molecule has 3 fully saturated rings. The number of ether oxygens (including phenoxy) is 1. The van der Waals surface area contributed by atoms with Crippen LogP contribution in [0.5, 0.6) is 11.5 Å². The van der Waals surface area contributed by atoms with E-state index in [2.05, 4.69) is 45.9 Å². The highest BCUT2D eigenvalue weighted by Gasteiger charge is 2.60. The average molecular weight is 360 g/mol. The summed E-state index contributed by atoms with van der Waals surface area (Å²) in [5, 5.41) is 0. The van der Waals surface area contributed by atoms with Crippen molar-refractivity contribution in [2.45, 2.75) is 63.3 Å². The minimum atomic E-state index is -0.324. The molecule has 2 aromatic rings. The van der Waals surface area contributed by atoms with Gasteiger partial charge in [0, 0.05) is 0 Å². The Hall–Kier alpha value is -1.71. The van der Waals surface area contributed by atoms with Gasteiger partial charge in [-0.25, -0.2) is 0 Å². The zero-order chi connectivity index (χ0) is 18.8. The van der Waals surface area contributed by atoms with Gasteiger partial charge in [0.1, 0.15) is 11.5 Å². The first-order valence-electron chi connectivity index (χ1n) is 10.1. The number of fused-ring (bicyclic) bond motifs is 1. The Bertz CT molecular complexity index is 839. The molecule has 0 saturated carbocycles. The molecule has 0 spiro atoms. The maximum Gasteiger partial charge on any atom is 0.494 e. The van der Waals surface area contributed by atoms with E-state index >= 15 is 0 Å². The van der Waals surface area contributed by atoms with Crippen LogP contribution in [0.3, 0.4) is 0 Å². The molecular weight excluding hydrogens is 334 g/mol. The van der Waals surface area contributed by atoms with E-state index in [0.717, 1.165) is 29.5 Å². The van der Waals surface area contributed by atoms with Crippen molar-refractivity contribution in [3.05, 3.63) is 54.1 Å². The Morgan fingerprint density at radius 3 is 2.22 bits per heavy atom. The fourth-order valence-corrected chi connectivity index (χ4v) is 4.48. The number of hydrogen-bond donors (Lipinski definition) is 0. The fourth-order valence-electron chi connectivity index (χ4n) is 4.48. The van der Waals surface area contributed by atoms with Crippen LogP contribution in [-0.2, 0) is 9.31 Å². The molecule has 2 atom stereocenters. The summed E-state index contributed by atoms with van der Waals surface area (Å²) in [5.74, 6) is 3.33. The molecular formula is C22H26B2O3. The van der Waals surface area contributed by atoms with E-state index in [1.54, 1.807) is 0 Å². The van der Waals surface area contributed by atoms with Crippen molar-refractivity contribution in [1.82, 2.24) is 0 Å². The summed E-state index contributed by atoms with van der Waals surface area (Å²) in [7, 11) is -0.323. The molecule has 0 aliphatic carbocycles. The van der Waals surface area contributed by atoms with Gasteiger partial charge in [0.2, 0.25) is 0 Å². The van der Waals surface area contributed by atoms with E-state index in [0.29, 0.717) is 5.82 Å². The molecule has 5 heteroatoms. The first kappa shape index (κ1) is 17.4. The van der Waals surface area contributed by atoms with E-state index in [1.165, 1.54) is 18.3 Å². The van der Waals surface area contributed by atoms with Crippen LogP contribution in [0.15, 0.2) is 48.5 Å². The van der Waals surface area contributed by atoms with Crippen LogP contribution in [-0.4, -0.2) is 25.0 Å². The molecule has 0 bridgehead atoms. The molecule has 3 nitrogen and oxygen atoms in total. The van der Waals surface area contributed by atoms with E-state index in [9.17, 15) is 0 Å². The van der Waals surface area contributed by atoms with Crippen LogP contribution in [0.1, 0.15) is 45.5 Å². The van der Waals surface area contributed by atoms with Crippen LogP contribution < -0.4 is 10.2 Å². The summed E-state index contributed by atoms with van der Waals surface area (Å²) in [6.45, 7) is 9.24. The van der Waals surface area contributed by atoms with Crippen molar-refractivity contribution in [3.8, 4) is 11.5 Å². The third kappa shape index (κ3) is 2.83. The fraction of sp³-hybridized carbons (Fsp3) is 0.455. The summed E-state index contributed by atoms with van der Waals surface area (Å²) in [5.41, 5.74) is 1.76. The summed E-state index contributed by atoms with van der Waals surface area (Å²) in [6, 6.07) is 16.5. The van der Waals surface area contributed by atoms with Crippen LogP contribution in [0.2, 0.25) is 12.1 Å². The second kappa shape index (κ2) is 5.89. The van der Waals surface area contributed by atoms with Crippen LogP contribution >= 0.6 is 0 Å². The minimum absolute atomic E-state index is 0.323. The average Bonchev–Trinajstić information content (AvgIpc) is 3.05. The molecule has 0 radical (unpaired) electrons. The zero-order valence-electron chi connectivity index (χ0n) is 16.6. The van der Waals surface area contributed by atoms with Crippen LogP contribution in [0.25, 0.3) is 0 Å². The van der Waals surface area contributed by atoms with Gasteiger partial charge in [-0.05, 0) is 62.7 Å². The number of para-hydroxylation sites is 1. The van der Waals surface area contributed by atoms with Crippen LogP contribution in [0.4, 0.5) is 0 Å². The van der Waals surface area contributed by atoms with Gasteiger partial charge in [-0.1, -0.05) is 48.9 Å². The highest BCUT2D eigenvalue weighted by atomic mass is 16.7. The van der Waals surface area contributed by atoms with Gasteiger partial charge in [-0.15, -0.1) is 0 Å². The lowest BCUT2D eigenvalue weighted by molar-refractivity contribution is 0.00578. The van der Waals surface area contributed by atoms with Gasteiger partial charge in [-0.2, -0.15) is 0 Å². The third-order valence-corrected chi connectivity index (χ3v) is 7.05. The Kier molecular flexibility index (Phi) is 3.80. The third-order valence-electron chi connectivity index (χ3n) is 7.05. The van der Waals surface area contributed by atoms with Gasteiger partial charge in [0.05, 0.1) is 11.2 Å². The molecule has 3 heterocycles. The van der Waals surface area contributed by atoms with Crippen molar-refractivity contribution in [2.24, 2.45) is 0 Å². The van der Waals surface area contributed by atoms with Gasteiger partial charge in [0.15, 0.2) is 6.71 Å². The topological polar surface area (TPSA) is 27.7 Å². The smallest absolute Gasteiger partial charge is 0.457 e. The molecule has 0 amide bonds. The lowest BCUT2D eigenvalue weighted by Gasteiger charge is -2.32. The van der Waals surface area contributed by atoms with Crippen molar-refractivity contribution in [1.29, 1.82) is 0 Å². The summed E-state index contributed by atoms with van der Waals surface area (Å²) in [6.07, 6.45) is 2.70. The quantitative estimate of drug-likeness (QED) is 0.741. The second-order valence-electron chi connectivity index (χ2n) is 9.23. The lowest BCUT2D eigenvalue weighted by Crippen LogP contribution is -2.41. The highest BCUT2D eigenvalue weighted by molar-refractivity contribution is 6.77. The first-order valence-corrected chi connectivity index (χ1v) is 10.1. The minimum Gasteiger partial charge on any atom is -0.457 e. The Labute approximate surface area is 162 Å². The summed E-state index contributed by atoms with van der Waals surface area (Å²) in [4.78, 5) is 0. The molecule has 3 aliphatic heterocycles. The van der Waals surface area contributed by atoms with Gasteiger partial charge < -0.3 is 14.0 Å². The molecule has 2 unspecified atom stereocenters. The van der Waals surface area contributed by atoms with Gasteiger partial charge in [-0.3, -0.25) is 0 Å². The van der Waals surface area contributed by atoms with Crippen molar-refractivity contribution >= 4 is 19.3 Å². The van der Waals surface area contributed by atoms with Crippen molar-refractivity contribution in [3.63, 3.8) is 0 Å². The number of benzene rings is 2. The molecule has 3 saturated heterocycles. The Morgan fingerprint density at radius 1 is 0.963 bits per heavy atom. The molecule has 2 aromatic carbocycles. The van der Waals surface area contributed by atoms with Crippen molar-refractivity contribution < 1.29 is 14.0 Å². The normalized spacial score (nSPS) is 27.1. The standard InChI is InChI=1S/C22H26B2O3/c1-21(2)22(3,4)27-24(26-21)15-10-11-19(25-16-8-6-5-7-9-16)17(14-15)20-18-12-13-23(18)20/h5-11,14,18,20H,12-13H2,1-4H3. The zero-order valence-corrected chi connectivity index (χ0v) is 16.6. The highest BCUT2D eigenvalue weighted by Crippen LogP contribution is 2.66. The SMILES string of the molecule is CC1(C)OB(c2ccc(Oc3ccccc3)c(C3B4CCC43)c2)OC1(C)C. The van der Waals surface area contributed by atoms with Crippen molar-refractivity contribution in [2.75, 3.05) is 0 Å². The van der Waals surface area contributed by atoms with E-state index in [-0.39, 0.29) is 18.3 Å². The molecule has 138 valence electrons. The van der Waals surface area contributed by atoms with E-state index in [1.807, 2.05) is 30.3 Å². The maximum atomic E-state index is 6.27. The molecule has 27 heavy (non-hydrogen) atoms. The van der Waals surface area contributed by atoms with E-state index < -0.39 is 0 Å². The van der Waals surface area contributed by atoms with Gasteiger partial charge in [0.25, 0.3) is 0 Å². The largest absolute Gasteiger partial charge is 0.494 e. The summed E-state index contributed by atoms with van der Waals surface area (Å²) >= 11 is 0. The van der Waals surface area contributed by atoms with Crippen LogP contribution in [0, 0.1) is 0 Å². The second-order valence-corrected chi connectivity index (χ2v) is 9.23. The molecule has 5 rings (SSSR count). The lowest BCUT2D eigenvalue weighted by atomic mass is 9.52.